The zero-order valence-electron chi connectivity index (χ0n) is 16.1. The highest BCUT2D eigenvalue weighted by molar-refractivity contribution is 7.71. The van der Waals surface area contributed by atoms with Crippen molar-refractivity contribution in [2.24, 2.45) is 0 Å². The first-order valence-electron chi connectivity index (χ1n) is 9.33. The molecule has 0 bridgehead atoms. The molecule has 0 aliphatic heterocycles. The predicted molar refractivity (Wildman–Crippen MR) is 112 cm³/mol. The summed E-state index contributed by atoms with van der Waals surface area (Å²) in [6, 6.07) is 15.1. The third-order valence-electron chi connectivity index (χ3n) is 4.29. The Morgan fingerprint density at radius 2 is 2.04 bits per heavy atom. The first kappa shape index (κ1) is 19.8. The smallest absolute Gasteiger partial charge is 0.251 e. The molecule has 3 rings (SSSR count). The summed E-state index contributed by atoms with van der Waals surface area (Å²) in [6.45, 7) is 5.08. The van der Waals surface area contributed by atoms with E-state index in [-0.39, 0.29) is 12.5 Å². The second kappa shape index (κ2) is 9.32. The Kier molecular flexibility index (Phi) is 6.60. The van der Waals surface area contributed by atoms with E-state index in [1.807, 2.05) is 47.9 Å². The van der Waals surface area contributed by atoms with Gasteiger partial charge in [0.2, 0.25) is 0 Å². The number of aromatic nitrogens is 3. The second-order valence-corrected chi connectivity index (χ2v) is 6.92. The maximum absolute atomic E-state index is 12.5. The molecule has 0 aliphatic carbocycles. The number of nitrogens with one attached hydrogen (secondary N) is 2. The third-order valence-corrected chi connectivity index (χ3v) is 4.57. The molecule has 1 heterocycles. The standard InChI is InChI=1S/C21H24N4O2S/c1-3-4-12-27-18-10-8-16(9-11-18)20(26)22-14-19-23-24-21(28)25(19)17-7-5-6-15(2)13-17/h5-11,13H,3-4,12,14H2,1-2H3,(H,22,26)(H,24,28). The third kappa shape index (κ3) is 4.86. The van der Waals surface area contributed by atoms with Gasteiger partial charge >= 0.3 is 0 Å². The van der Waals surface area contributed by atoms with Crippen molar-refractivity contribution in [3.8, 4) is 11.4 Å². The van der Waals surface area contributed by atoms with Gasteiger partial charge in [0.15, 0.2) is 10.6 Å². The second-order valence-electron chi connectivity index (χ2n) is 6.53. The van der Waals surface area contributed by atoms with Crippen molar-refractivity contribution in [3.05, 3.63) is 70.3 Å². The van der Waals surface area contributed by atoms with Crippen molar-refractivity contribution >= 4 is 18.1 Å². The fraction of sp³-hybridized carbons (Fsp3) is 0.286. The minimum absolute atomic E-state index is 0.176. The molecule has 0 radical (unpaired) electrons. The lowest BCUT2D eigenvalue weighted by Crippen LogP contribution is -2.24. The van der Waals surface area contributed by atoms with E-state index in [1.54, 1.807) is 12.1 Å². The Hall–Kier alpha value is -2.93. The molecule has 0 aliphatic rings. The van der Waals surface area contributed by atoms with Gasteiger partial charge in [-0.05, 0) is 67.5 Å². The summed E-state index contributed by atoms with van der Waals surface area (Å²) in [5.74, 6) is 1.23. The number of amides is 1. The van der Waals surface area contributed by atoms with Gasteiger partial charge in [-0.3, -0.25) is 14.5 Å². The summed E-state index contributed by atoms with van der Waals surface area (Å²) in [7, 11) is 0. The van der Waals surface area contributed by atoms with E-state index in [0.717, 1.165) is 29.8 Å². The highest BCUT2D eigenvalue weighted by atomic mass is 32.1. The van der Waals surface area contributed by atoms with Crippen molar-refractivity contribution in [1.29, 1.82) is 0 Å². The lowest BCUT2D eigenvalue weighted by Gasteiger charge is -2.09. The van der Waals surface area contributed by atoms with Gasteiger partial charge < -0.3 is 10.1 Å². The highest BCUT2D eigenvalue weighted by Gasteiger charge is 2.11. The topological polar surface area (TPSA) is 71.9 Å². The Labute approximate surface area is 169 Å². The minimum Gasteiger partial charge on any atom is -0.494 e. The van der Waals surface area contributed by atoms with Crippen molar-refractivity contribution < 1.29 is 9.53 Å². The molecular formula is C21H24N4O2S. The van der Waals surface area contributed by atoms with Crippen LogP contribution in [-0.4, -0.2) is 27.3 Å². The fourth-order valence-electron chi connectivity index (χ4n) is 2.78. The first-order chi connectivity index (χ1) is 13.6. The molecule has 2 N–H and O–H groups in total. The molecule has 1 aromatic heterocycles. The van der Waals surface area contributed by atoms with Crippen LogP contribution in [0.25, 0.3) is 5.69 Å². The van der Waals surface area contributed by atoms with Gasteiger partial charge in [0.05, 0.1) is 13.2 Å². The van der Waals surface area contributed by atoms with Crippen LogP contribution < -0.4 is 10.1 Å². The molecule has 0 fully saturated rings. The summed E-state index contributed by atoms with van der Waals surface area (Å²) < 4.78 is 7.94. The molecule has 0 saturated carbocycles. The maximum atomic E-state index is 12.5. The summed E-state index contributed by atoms with van der Waals surface area (Å²) in [5, 5.41) is 9.95. The average Bonchev–Trinajstić information content (AvgIpc) is 3.07. The summed E-state index contributed by atoms with van der Waals surface area (Å²) >= 11 is 5.35. The number of H-pyrrole nitrogens is 1. The number of aryl methyl sites for hydroxylation is 1. The number of carbonyl (C=O) groups is 1. The zero-order chi connectivity index (χ0) is 19.9. The van der Waals surface area contributed by atoms with Crippen molar-refractivity contribution in [1.82, 2.24) is 20.1 Å². The van der Waals surface area contributed by atoms with Gasteiger partial charge in [0.1, 0.15) is 5.75 Å². The maximum Gasteiger partial charge on any atom is 0.251 e. The highest BCUT2D eigenvalue weighted by Crippen LogP contribution is 2.14. The molecule has 6 nitrogen and oxygen atoms in total. The van der Waals surface area contributed by atoms with Gasteiger partial charge in [-0.25, -0.2) is 0 Å². The summed E-state index contributed by atoms with van der Waals surface area (Å²) in [4.78, 5) is 12.5. The van der Waals surface area contributed by atoms with Crippen LogP contribution in [0.4, 0.5) is 0 Å². The van der Waals surface area contributed by atoms with Crippen LogP contribution in [0.2, 0.25) is 0 Å². The van der Waals surface area contributed by atoms with Gasteiger partial charge in [0.25, 0.3) is 5.91 Å². The van der Waals surface area contributed by atoms with E-state index in [4.69, 9.17) is 17.0 Å². The van der Waals surface area contributed by atoms with Gasteiger partial charge in [-0.15, -0.1) is 0 Å². The minimum atomic E-state index is -0.176. The van der Waals surface area contributed by atoms with Crippen LogP contribution in [0.3, 0.4) is 0 Å². The SMILES string of the molecule is CCCCOc1ccc(C(=O)NCc2n[nH]c(=S)n2-c2cccc(C)c2)cc1. The number of aromatic amines is 1. The number of nitrogens with zero attached hydrogens (tertiary/aromatic N) is 2. The molecule has 0 spiro atoms. The fourth-order valence-corrected chi connectivity index (χ4v) is 3.04. The van der Waals surface area contributed by atoms with Crippen molar-refractivity contribution in [2.45, 2.75) is 33.2 Å². The number of rotatable bonds is 8. The Morgan fingerprint density at radius 3 is 2.75 bits per heavy atom. The van der Waals surface area contributed by atoms with E-state index >= 15 is 0 Å². The first-order valence-corrected chi connectivity index (χ1v) is 9.73. The molecule has 2 aromatic carbocycles. The molecular weight excluding hydrogens is 372 g/mol. The van der Waals surface area contributed by atoms with Crippen LogP contribution in [0.5, 0.6) is 5.75 Å². The van der Waals surface area contributed by atoms with E-state index in [2.05, 4.69) is 22.4 Å². The van der Waals surface area contributed by atoms with Crippen LogP contribution >= 0.6 is 12.2 Å². The predicted octanol–water partition coefficient (Wildman–Crippen LogP) is 4.35. The van der Waals surface area contributed by atoms with Gasteiger partial charge in [-0.1, -0.05) is 25.5 Å². The lowest BCUT2D eigenvalue weighted by atomic mass is 10.2. The van der Waals surface area contributed by atoms with Crippen LogP contribution in [0, 0.1) is 11.7 Å². The lowest BCUT2D eigenvalue weighted by molar-refractivity contribution is 0.0949. The molecule has 0 saturated heterocycles. The van der Waals surface area contributed by atoms with Crippen molar-refractivity contribution in [3.63, 3.8) is 0 Å². The largest absolute Gasteiger partial charge is 0.494 e. The van der Waals surface area contributed by atoms with Crippen LogP contribution in [-0.2, 0) is 6.54 Å². The van der Waals surface area contributed by atoms with E-state index in [9.17, 15) is 4.79 Å². The molecule has 1 amide bonds. The summed E-state index contributed by atoms with van der Waals surface area (Å²) in [5.41, 5.74) is 2.60. The van der Waals surface area contributed by atoms with Crippen molar-refractivity contribution in [2.75, 3.05) is 6.61 Å². The monoisotopic (exact) mass is 396 g/mol. The number of hydrogen-bond acceptors (Lipinski definition) is 4. The Bertz CT molecular complexity index is 992. The quantitative estimate of drug-likeness (QED) is 0.439. The number of hydrogen-bond donors (Lipinski definition) is 2. The van der Waals surface area contributed by atoms with Gasteiger partial charge in [0, 0.05) is 11.3 Å². The molecule has 28 heavy (non-hydrogen) atoms. The molecule has 0 unspecified atom stereocenters. The van der Waals surface area contributed by atoms with E-state index in [0.29, 0.717) is 22.8 Å². The molecule has 0 atom stereocenters. The normalized spacial score (nSPS) is 10.6. The summed E-state index contributed by atoms with van der Waals surface area (Å²) in [6.07, 6.45) is 2.10. The van der Waals surface area contributed by atoms with Crippen LogP contribution in [0.15, 0.2) is 48.5 Å². The number of ether oxygens (including phenoxy) is 1. The number of benzene rings is 2. The van der Waals surface area contributed by atoms with Crippen LogP contribution in [0.1, 0.15) is 41.5 Å². The Morgan fingerprint density at radius 1 is 1.25 bits per heavy atom. The number of unbranched alkanes of at least 4 members (excludes halogenated alkanes) is 1. The molecule has 7 heteroatoms. The zero-order valence-corrected chi connectivity index (χ0v) is 16.9. The molecule has 146 valence electrons. The Balaban J connectivity index is 1.66. The van der Waals surface area contributed by atoms with Gasteiger partial charge in [-0.2, -0.15) is 5.10 Å². The van der Waals surface area contributed by atoms with E-state index in [1.165, 1.54) is 0 Å². The van der Waals surface area contributed by atoms with E-state index < -0.39 is 0 Å². The molecule has 3 aromatic rings. The average molecular weight is 397 g/mol. The number of carbonyl (C=O) groups excluding carboxylic acids is 1.